The normalized spacial score (nSPS) is 8.20. The van der Waals surface area contributed by atoms with Crippen LogP contribution < -0.4 is 0 Å². The summed E-state index contributed by atoms with van der Waals surface area (Å²) in [5, 5.41) is 14.8. The molecule has 0 aromatic rings. The summed E-state index contributed by atoms with van der Waals surface area (Å²) in [6, 6.07) is 0. The predicted molar refractivity (Wildman–Crippen MR) is 20.8 cm³/mol. The molecular formula is MnNO7S-. The van der Waals surface area contributed by atoms with Crippen molar-refractivity contribution in [3.63, 3.8) is 0 Å². The minimum Gasteiger partial charge on any atom is -0.759 e. The minimum atomic E-state index is -5.17. The van der Waals surface area contributed by atoms with Crippen molar-refractivity contribution in [1.82, 2.24) is 0 Å². The fourth-order valence-electron chi connectivity index (χ4n) is 0. The molecule has 0 atom stereocenters. The maximum absolute atomic E-state index is 8.52. The Balaban J connectivity index is -0.0000000910. The van der Waals surface area contributed by atoms with Crippen LogP contribution in [-0.4, -0.2) is 22.6 Å². The Kier molecular flexibility index (Phi) is 10.9. The summed E-state index contributed by atoms with van der Waals surface area (Å²) in [5.41, 5.74) is 0. The van der Waals surface area contributed by atoms with Crippen molar-refractivity contribution in [2.45, 2.75) is 0 Å². The molecule has 1 radical (unpaired) electrons. The van der Waals surface area contributed by atoms with Crippen LogP contribution in [0, 0.1) is 15.3 Å². The smallest absolute Gasteiger partial charge is 0.759 e. The van der Waals surface area contributed by atoms with Crippen molar-refractivity contribution in [3.8, 4) is 0 Å². The number of nitrogens with zero attached hydrogens (tertiary/aromatic N) is 1. The first-order valence-corrected chi connectivity index (χ1v) is 2.55. The molecule has 0 aliphatic carbocycles. The van der Waals surface area contributed by atoms with Crippen molar-refractivity contribution >= 4 is 10.4 Å². The number of hydrogen-bond donors (Lipinski definition) is 0. The molecular weight excluding hydrogens is 213 g/mol. The van der Waals surface area contributed by atoms with Crippen LogP contribution >= 0.6 is 0 Å². The molecule has 0 bridgehead atoms. The van der Waals surface area contributed by atoms with Crippen LogP contribution in [-0.2, 0) is 27.5 Å². The van der Waals surface area contributed by atoms with Crippen LogP contribution in [0.3, 0.4) is 0 Å². The fraction of sp³-hybridized carbons (Fsp3) is 0. The van der Waals surface area contributed by atoms with Crippen LogP contribution in [0.2, 0.25) is 0 Å². The van der Waals surface area contributed by atoms with E-state index in [4.69, 9.17) is 32.8 Å². The molecule has 0 aromatic carbocycles. The third kappa shape index (κ3) is 1960. The van der Waals surface area contributed by atoms with E-state index in [1.54, 1.807) is 0 Å². The van der Waals surface area contributed by atoms with Crippen molar-refractivity contribution in [2.24, 2.45) is 0 Å². The molecule has 0 aromatic heterocycles. The van der Waals surface area contributed by atoms with E-state index in [0.717, 1.165) is 0 Å². The van der Waals surface area contributed by atoms with Gasteiger partial charge in [0.2, 0.25) is 0 Å². The molecule has 0 saturated carbocycles. The molecule has 8 nitrogen and oxygen atoms in total. The van der Waals surface area contributed by atoms with Gasteiger partial charge in [0.1, 0.15) is 0 Å². The van der Waals surface area contributed by atoms with E-state index in [2.05, 4.69) is 0 Å². The average Bonchev–Trinajstić information content (AvgIpc) is 1.19. The Labute approximate surface area is 66.0 Å². The van der Waals surface area contributed by atoms with E-state index >= 15 is 0 Å². The van der Waals surface area contributed by atoms with Crippen LogP contribution in [0.15, 0.2) is 0 Å². The SMILES string of the molecule is O=S(=O)([O-])[O-].O=[N+]([O-])[O-].[Mn+2]. The van der Waals surface area contributed by atoms with Gasteiger partial charge in [0.15, 0.2) is 0 Å². The second-order valence-electron chi connectivity index (χ2n) is 0.632. The van der Waals surface area contributed by atoms with Gasteiger partial charge in [-0.2, -0.15) is 0 Å². The summed E-state index contributed by atoms with van der Waals surface area (Å²) in [7, 11) is -5.17. The zero-order valence-electron chi connectivity index (χ0n) is 4.09. The molecule has 0 unspecified atom stereocenters. The van der Waals surface area contributed by atoms with Crippen LogP contribution in [0.1, 0.15) is 0 Å². The van der Waals surface area contributed by atoms with Crippen molar-refractivity contribution < 1.29 is 39.7 Å². The molecule has 0 heterocycles. The summed E-state index contributed by atoms with van der Waals surface area (Å²) < 4.78 is 34.1. The van der Waals surface area contributed by atoms with Crippen molar-refractivity contribution in [1.29, 1.82) is 0 Å². The molecule has 0 N–H and O–H groups in total. The van der Waals surface area contributed by atoms with Crippen LogP contribution in [0.4, 0.5) is 0 Å². The van der Waals surface area contributed by atoms with Gasteiger partial charge in [-0.05, 0) is 0 Å². The first kappa shape index (κ1) is 16.3. The fourth-order valence-corrected chi connectivity index (χ4v) is 0. The van der Waals surface area contributed by atoms with Gasteiger partial charge in [-0.25, -0.2) is 0 Å². The second-order valence-corrected chi connectivity index (χ2v) is 1.45. The Hall–Kier alpha value is -0.411. The van der Waals surface area contributed by atoms with Gasteiger partial charge in [0, 0.05) is 10.4 Å². The van der Waals surface area contributed by atoms with Crippen LogP contribution in [0.5, 0.6) is 0 Å². The Morgan fingerprint density at radius 2 is 1.10 bits per heavy atom. The molecule has 61 valence electrons. The Bertz CT molecular complexity index is 156. The molecule has 0 saturated heterocycles. The van der Waals surface area contributed by atoms with Gasteiger partial charge < -0.3 is 24.4 Å². The number of rotatable bonds is 0. The van der Waals surface area contributed by atoms with E-state index < -0.39 is 15.5 Å². The van der Waals surface area contributed by atoms with Gasteiger partial charge in [-0.3, -0.25) is 8.42 Å². The van der Waals surface area contributed by atoms with E-state index in [1.807, 2.05) is 0 Å². The first-order valence-electron chi connectivity index (χ1n) is 1.21. The van der Waals surface area contributed by atoms with E-state index in [1.165, 1.54) is 0 Å². The van der Waals surface area contributed by atoms with E-state index in [-0.39, 0.29) is 17.1 Å². The van der Waals surface area contributed by atoms with Crippen molar-refractivity contribution in [2.75, 3.05) is 0 Å². The minimum absolute atomic E-state index is 0. The topological polar surface area (TPSA) is 146 Å². The van der Waals surface area contributed by atoms with E-state index in [0.29, 0.717) is 0 Å². The third-order valence-corrected chi connectivity index (χ3v) is 0. The summed E-state index contributed by atoms with van der Waals surface area (Å²) in [4.78, 5) is 8.25. The standard InChI is InChI=1S/Mn.NO3.H2O4S/c;2-1(3)4;1-5(2,3)4/h;;(H2,1,2,3,4)/q+2;-1;/p-2. The molecule has 0 rings (SSSR count). The molecule has 10 heteroatoms. The molecule has 0 amide bonds. The largest absolute Gasteiger partial charge is 2.00 e. The second kappa shape index (κ2) is 6.71. The average molecular weight is 213 g/mol. The van der Waals surface area contributed by atoms with Gasteiger partial charge in [-0.1, -0.05) is 0 Å². The summed E-state index contributed by atoms with van der Waals surface area (Å²) >= 11 is 0. The maximum Gasteiger partial charge on any atom is 2.00 e. The predicted octanol–water partition coefficient (Wildman–Crippen LogP) is -1.58. The monoisotopic (exact) mass is 213 g/mol. The van der Waals surface area contributed by atoms with Gasteiger partial charge in [0.05, 0.1) is 5.09 Å². The van der Waals surface area contributed by atoms with Gasteiger partial charge in [-0.15, -0.1) is 0 Å². The molecule has 0 fully saturated rings. The zero-order valence-corrected chi connectivity index (χ0v) is 6.09. The quantitative estimate of drug-likeness (QED) is 0.155. The summed E-state index contributed by atoms with van der Waals surface area (Å²) in [6.45, 7) is 0. The Morgan fingerprint density at radius 3 is 1.10 bits per heavy atom. The zero-order chi connectivity index (χ0) is 8.08. The number of hydrogen-bond acceptors (Lipinski definition) is 7. The van der Waals surface area contributed by atoms with Gasteiger partial charge in [0.25, 0.3) is 0 Å². The molecule has 0 spiro atoms. The van der Waals surface area contributed by atoms with E-state index in [9.17, 15) is 0 Å². The molecule has 10 heavy (non-hydrogen) atoms. The van der Waals surface area contributed by atoms with Crippen LogP contribution in [0.25, 0.3) is 0 Å². The first-order chi connectivity index (χ1) is 3.73. The van der Waals surface area contributed by atoms with Gasteiger partial charge >= 0.3 is 17.1 Å². The summed E-state index contributed by atoms with van der Waals surface area (Å²) in [6.07, 6.45) is 0. The Morgan fingerprint density at radius 1 is 1.10 bits per heavy atom. The molecule has 0 aliphatic heterocycles. The molecule has 0 aliphatic rings. The maximum atomic E-state index is 8.52. The summed E-state index contributed by atoms with van der Waals surface area (Å²) in [5.74, 6) is 0. The van der Waals surface area contributed by atoms with Crippen molar-refractivity contribution in [3.05, 3.63) is 15.3 Å². The third-order valence-electron chi connectivity index (χ3n) is 0.